The minimum absolute atomic E-state index is 0.0789. The number of nitrogens with one attached hydrogen (secondary N) is 1. The van der Waals surface area contributed by atoms with Crippen molar-refractivity contribution in [2.24, 2.45) is 29.1 Å². The molecule has 4 heteroatoms. The van der Waals surface area contributed by atoms with E-state index in [1.807, 2.05) is 0 Å². The molecule has 6 fully saturated rings. The van der Waals surface area contributed by atoms with Crippen LogP contribution in [0.25, 0.3) is 0 Å². The molecule has 2 unspecified atom stereocenters. The van der Waals surface area contributed by atoms with Gasteiger partial charge in [-0.05, 0) is 75.0 Å². The van der Waals surface area contributed by atoms with Gasteiger partial charge in [-0.25, -0.2) is 0 Å². The molecule has 4 bridgehead atoms. The van der Waals surface area contributed by atoms with E-state index in [0.29, 0.717) is 17.7 Å². The number of amides is 2. The van der Waals surface area contributed by atoms with Gasteiger partial charge in [-0.2, -0.15) is 0 Å². The molecule has 0 radical (unpaired) electrons. The summed E-state index contributed by atoms with van der Waals surface area (Å²) < 4.78 is 0. The van der Waals surface area contributed by atoms with Crippen LogP contribution in [-0.4, -0.2) is 35.3 Å². The summed E-state index contributed by atoms with van der Waals surface area (Å²) in [6.07, 6.45) is 10.5. The summed E-state index contributed by atoms with van der Waals surface area (Å²) in [6.45, 7) is 3.65. The largest absolute Gasteiger partial charge is 0.351 e. The van der Waals surface area contributed by atoms with Crippen LogP contribution in [0.2, 0.25) is 0 Å². The van der Waals surface area contributed by atoms with Gasteiger partial charge >= 0.3 is 0 Å². The predicted octanol–water partition coefficient (Wildman–Crippen LogP) is 2.72. The van der Waals surface area contributed by atoms with Crippen molar-refractivity contribution in [3.63, 3.8) is 0 Å². The summed E-state index contributed by atoms with van der Waals surface area (Å²) in [7, 11) is 0. The average molecular weight is 330 g/mol. The van der Waals surface area contributed by atoms with Crippen LogP contribution in [0.15, 0.2) is 0 Å². The second kappa shape index (κ2) is 4.98. The Morgan fingerprint density at radius 2 is 1.62 bits per heavy atom. The van der Waals surface area contributed by atoms with Gasteiger partial charge in [-0.15, -0.1) is 0 Å². The molecule has 6 rings (SSSR count). The third kappa shape index (κ3) is 2.17. The van der Waals surface area contributed by atoms with E-state index < -0.39 is 0 Å². The molecule has 1 saturated heterocycles. The summed E-state index contributed by atoms with van der Waals surface area (Å²) in [4.78, 5) is 27.6. The van der Waals surface area contributed by atoms with E-state index in [0.717, 1.165) is 57.0 Å². The first kappa shape index (κ1) is 15.2. The first-order valence-electron chi connectivity index (χ1n) is 10.1. The van der Waals surface area contributed by atoms with Crippen molar-refractivity contribution < 1.29 is 9.59 Å². The quantitative estimate of drug-likeness (QED) is 0.846. The molecule has 5 aliphatic carbocycles. The molecule has 0 spiro atoms. The van der Waals surface area contributed by atoms with Gasteiger partial charge in [0, 0.05) is 25.6 Å². The summed E-state index contributed by atoms with van der Waals surface area (Å²) in [5, 5.41) is 3.29. The first-order chi connectivity index (χ1) is 11.5. The zero-order valence-corrected chi connectivity index (χ0v) is 14.9. The Morgan fingerprint density at radius 3 is 2.21 bits per heavy atom. The number of fused-ring (bicyclic) bond motifs is 1. The lowest BCUT2D eigenvalue weighted by Gasteiger charge is -2.61. The molecule has 2 amide bonds. The predicted molar refractivity (Wildman–Crippen MR) is 91.1 cm³/mol. The normalized spacial score (nSPS) is 48.6. The lowest BCUT2D eigenvalue weighted by Crippen LogP contribution is -2.65. The molecule has 1 N–H and O–H groups in total. The van der Waals surface area contributed by atoms with E-state index in [4.69, 9.17) is 0 Å². The summed E-state index contributed by atoms with van der Waals surface area (Å²) in [6, 6.07) is 0. The third-order valence-corrected chi connectivity index (χ3v) is 7.97. The molecular weight excluding hydrogens is 300 g/mol. The molecule has 132 valence electrons. The smallest absolute Gasteiger partial charge is 0.228 e. The molecule has 1 heterocycles. The molecule has 24 heavy (non-hydrogen) atoms. The standard InChI is InChI=1S/C20H30N2O2/c1-13(23)21-20-8-14-5-15(9-20)7-19(6-14,12-20)18(24)22-10-16-3-2-4-17(16)11-22/h14-17H,2-12H2,1H3,(H,21,23)/t14-,15+,16-,17-,19?,20?/m1/s1. The van der Waals surface area contributed by atoms with Crippen molar-refractivity contribution in [1.29, 1.82) is 0 Å². The van der Waals surface area contributed by atoms with Crippen LogP contribution in [0.5, 0.6) is 0 Å². The van der Waals surface area contributed by atoms with E-state index in [2.05, 4.69) is 10.2 Å². The Hall–Kier alpha value is -1.06. The van der Waals surface area contributed by atoms with Crippen LogP contribution in [0.3, 0.4) is 0 Å². The van der Waals surface area contributed by atoms with Gasteiger partial charge in [-0.3, -0.25) is 9.59 Å². The van der Waals surface area contributed by atoms with E-state index >= 15 is 0 Å². The van der Waals surface area contributed by atoms with Gasteiger partial charge in [0.05, 0.1) is 5.41 Å². The third-order valence-electron chi connectivity index (χ3n) is 7.97. The van der Waals surface area contributed by atoms with Crippen LogP contribution < -0.4 is 5.32 Å². The Bertz CT molecular complexity index is 560. The number of carbonyl (C=O) groups excluding carboxylic acids is 2. The minimum atomic E-state index is -0.162. The fraction of sp³-hybridized carbons (Fsp3) is 0.900. The van der Waals surface area contributed by atoms with Gasteiger partial charge in [0.15, 0.2) is 0 Å². The maximum Gasteiger partial charge on any atom is 0.228 e. The van der Waals surface area contributed by atoms with Gasteiger partial charge in [0.25, 0.3) is 0 Å². The van der Waals surface area contributed by atoms with E-state index in [1.165, 1.54) is 25.7 Å². The maximum atomic E-state index is 13.6. The topological polar surface area (TPSA) is 49.4 Å². The second-order valence-corrected chi connectivity index (χ2v) is 9.86. The van der Waals surface area contributed by atoms with E-state index in [-0.39, 0.29) is 16.9 Å². The van der Waals surface area contributed by atoms with Crippen LogP contribution in [0, 0.1) is 29.1 Å². The molecule has 1 aliphatic heterocycles. The Kier molecular flexibility index (Phi) is 3.16. The highest BCUT2D eigenvalue weighted by molar-refractivity contribution is 5.84. The first-order valence-corrected chi connectivity index (χ1v) is 10.1. The average Bonchev–Trinajstić information content (AvgIpc) is 3.04. The van der Waals surface area contributed by atoms with Gasteiger partial charge < -0.3 is 10.2 Å². The van der Waals surface area contributed by atoms with Crippen molar-refractivity contribution in [2.75, 3.05) is 13.1 Å². The highest BCUT2D eigenvalue weighted by Gasteiger charge is 2.62. The lowest BCUT2D eigenvalue weighted by molar-refractivity contribution is -0.162. The van der Waals surface area contributed by atoms with Crippen molar-refractivity contribution in [3.8, 4) is 0 Å². The minimum Gasteiger partial charge on any atom is -0.351 e. The monoisotopic (exact) mass is 330 g/mol. The number of hydrogen-bond donors (Lipinski definition) is 1. The van der Waals surface area contributed by atoms with Crippen molar-refractivity contribution in [2.45, 2.75) is 70.3 Å². The van der Waals surface area contributed by atoms with E-state index in [1.54, 1.807) is 6.92 Å². The van der Waals surface area contributed by atoms with Crippen LogP contribution in [0.4, 0.5) is 0 Å². The molecule has 0 aromatic carbocycles. The fourth-order valence-electron chi connectivity index (χ4n) is 7.77. The molecule has 4 nitrogen and oxygen atoms in total. The zero-order valence-electron chi connectivity index (χ0n) is 14.9. The van der Waals surface area contributed by atoms with Gasteiger partial charge in [0.2, 0.25) is 11.8 Å². The number of hydrogen-bond acceptors (Lipinski definition) is 2. The molecule has 0 aromatic rings. The van der Waals surface area contributed by atoms with Crippen molar-refractivity contribution in [1.82, 2.24) is 10.2 Å². The Balaban J connectivity index is 1.40. The van der Waals surface area contributed by atoms with Crippen molar-refractivity contribution in [3.05, 3.63) is 0 Å². The fourth-order valence-corrected chi connectivity index (χ4v) is 7.77. The second-order valence-electron chi connectivity index (χ2n) is 9.86. The molecule has 6 atom stereocenters. The summed E-state index contributed by atoms with van der Waals surface area (Å²) in [5.74, 6) is 3.35. The van der Waals surface area contributed by atoms with Crippen LogP contribution in [-0.2, 0) is 9.59 Å². The molecule has 0 aromatic heterocycles. The molecular formula is C20H30N2O2. The van der Waals surface area contributed by atoms with Crippen LogP contribution in [0.1, 0.15) is 64.7 Å². The van der Waals surface area contributed by atoms with E-state index in [9.17, 15) is 9.59 Å². The highest BCUT2D eigenvalue weighted by atomic mass is 16.2. The number of likely N-dealkylation sites (tertiary alicyclic amines) is 1. The highest BCUT2D eigenvalue weighted by Crippen LogP contribution is 2.62. The molecule has 5 saturated carbocycles. The Labute approximate surface area is 144 Å². The van der Waals surface area contributed by atoms with Gasteiger partial charge in [0.1, 0.15) is 0 Å². The van der Waals surface area contributed by atoms with Gasteiger partial charge in [-0.1, -0.05) is 6.42 Å². The molecule has 6 aliphatic rings. The van der Waals surface area contributed by atoms with Crippen LogP contribution >= 0.6 is 0 Å². The summed E-state index contributed by atoms with van der Waals surface area (Å²) >= 11 is 0. The Morgan fingerprint density at radius 1 is 1.00 bits per heavy atom. The number of nitrogens with zero attached hydrogens (tertiary/aromatic N) is 1. The lowest BCUT2D eigenvalue weighted by atomic mass is 9.46. The SMILES string of the molecule is CC(=O)NC12C[C@H]3C[C@@H](C1)CC(C(=O)N1C[C@H]4CCC[C@@H]4C1)(C3)C2. The zero-order chi connectivity index (χ0) is 16.5. The maximum absolute atomic E-state index is 13.6. The number of carbonyl (C=O) groups is 2. The summed E-state index contributed by atoms with van der Waals surface area (Å²) in [5.41, 5.74) is -0.244. The number of rotatable bonds is 2. The van der Waals surface area contributed by atoms with Crippen molar-refractivity contribution >= 4 is 11.8 Å².